The fourth-order valence-electron chi connectivity index (χ4n) is 3.94. The number of nitrogens with zero attached hydrogens (tertiary/aromatic N) is 2. The molecule has 7 heteroatoms. The molecule has 32 heavy (non-hydrogen) atoms. The topological polar surface area (TPSA) is 58.1 Å². The third-order valence-corrected chi connectivity index (χ3v) is 6.01. The third kappa shape index (κ3) is 6.92. The molecule has 0 aliphatic carbocycles. The maximum absolute atomic E-state index is 5.42. The molecule has 1 aliphatic rings. The fourth-order valence-corrected chi connectivity index (χ4v) is 3.94. The first-order valence-electron chi connectivity index (χ1n) is 11.0. The Labute approximate surface area is 209 Å². The molecular formula is C25H37IN4O2. The van der Waals surface area contributed by atoms with E-state index in [2.05, 4.69) is 76.8 Å². The number of nitrogens with one attached hydrogen (secondary N) is 2. The highest BCUT2D eigenvalue weighted by atomic mass is 127. The molecule has 0 saturated carbocycles. The fraction of sp³-hybridized carbons (Fsp3) is 0.480. The van der Waals surface area contributed by atoms with Crippen molar-refractivity contribution in [3.63, 3.8) is 0 Å². The summed E-state index contributed by atoms with van der Waals surface area (Å²) in [4.78, 5) is 6.84. The number of ether oxygens (including phenoxy) is 2. The van der Waals surface area contributed by atoms with Gasteiger partial charge in [0.2, 0.25) is 0 Å². The number of benzene rings is 2. The lowest BCUT2D eigenvalue weighted by Gasteiger charge is -2.35. The highest BCUT2D eigenvalue weighted by molar-refractivity contribution is 14.0. The van der Waals surface area contributed by atoms with Gasteiger partial charge in [0.05, 0.1) is 14.2 Å². The number of guanidine groups is 1. The molecule has 0 bridgehead atoms. The van der Waals surface area contributed by atoms with Gasteiger partial charge in [-0.05, 0) is 18.4 Å². The summed E-state index contributed by atoms with van der Waals surface area (Å²) >= 11 is 0. The molecule has 2 aromatic rings. The lowest BCUT2D eigenvalue weighted by Crippen LogP contribution is -2.50. The van der Waals surface area contributed by atoms with Crippen LogP contribution in [0.2, 0.25) is 0 Å². The molecule has 0 aromatic heterocycles. The van der Waals surface area contributed by atoms with Crippen molar-refractivity contribution in [2.24, 2.45) is 4.99 Å². The van der Waals surface area contributed by atoms with E-state index in [0.29, 0.717) is 6.04 Å². The van der Waals surface area contributed by atoms with E-state index in [0.717, 1.165) is 55.6 Å². The van der Waals surface area contributed by atoms with E-state index in [4.69, 9.17) is 9.47 Å². The minimum atomic E-state index is 0. The van der Waals surface area contributed by atoms with Gasteiger partial charge in [-0.2, -0.15) is 0 Å². The van der Waals surface area contributed by atoms with E-state index in [1.165, 1.54) is 5.56 Å². The Morgan fingerprint density at radius 3 is 2.16 bits per heavy atom. The Bertz CT molecular complexity index is 843. The molecule has 3 rings (SSSR count). The van der Waals surface area contributed by atoms with Crippen molar-refractivity contribution >= 4 is 35.6 Å². The van der Waals surface area contributed by atoms with Crippen LogP contribution >= 0.6 is 24.0 Å². The summed E-state index contributed by atoms with van der Waals surface area (Å²) in [6, 6.07) is 17.1. The summed E-state index contributed by atoms with van der Waals surface area (Å²) in [6.45, 7) is 7.27. The second-order valence-electron chi connectivity index (χ2n) is 8.65. The molecule has 1 saturated heterocycles. The van der Waals surface area contributed by atoms with Gasteiger partial charge in [0.1, 0.15) is 11.5 Å². The first kappa shape index (κ1) is 26.1. The Balaban J connectivity index is 0.00000363. The molecule has 0 unspecified atom stereocenters. The maximum atomic E-state index is 5.42. The monoisotopic (exact) mass is 552 g/mol. The first-order chi connectivity index (χ1) is 14.9. The molecule has 0 atom stereocenters. The van der Waals surface area contributed by atoms with Crippen LogP contribution in [0.3, 0.4) is 0 Å². The van der Waals surface area contributed by atoms with Crippen LogP contribution < -0.4 is 25.0 Å². The van der Waals surface area contributed by atoms with E-state index in [1.807, 2.05) is 13.1 Å². The molecule has 6 nitrogen and oxygen atoms in total. The van der Waals surface area contributed by atoms with Crippen molar-refractivity contribution in [1.29, 1.82) is 0 Å². The maximum Gasteiger partial charge on any atom is 0.191 e. The molecule has 2 aromatic carbocycles. The van der Waals surface area contributed by atoms with Crippen LogP contribution in [-0.2, 0) is 5.41 Å². The standard InChI is InChI=1S/C25H36N4O2.HI/c1-25(2,19-9-7-6-8-10-19)18-27-24(26-3)28-20-11-13-29(14-12-20)21-15-22(30-4)17-23(16-21)31-5;/h6-10,15-17,20H,11-14,18H2,1-5H3,(H2,26,27,28);1H. The summed E-state index contributed by atoms with van der Waals surface area (Å²) in [5.74, 6) is 2.51. The van der Waals surface area contributed by atoms with Gasteiger partial charge in [0.25, 0.3) is 0 Å². The van der Waals surface area contributed by atoms with Crippen LogP contribution in [-0.4, -0.2) is 52.9 Å². The van der Waals surface area contributed by atoms with Gasteiger partial charge in [0, 0.05) is 62.0 Å². The smallest absolute Gasteiger partial charge is 0.191 e. The minimum Gasteiger partial charge on any atom is -0.497 e. The number of hydrogen-bond donors (Lipinski definition) is 2. The van der Waals surface area contributed by atoms with Crippen LogP contribution in [0.25, 0.3) is 0 Å². The Kier molecular flexibility index (Phi) is 9.93. The zero-order chi connectivity index (χ0) is 22.3. The predicted octanol–water partition coefficient (Wildman–Crippen LogP) is 4.43. The van der Waals surface area contributed by atoms with Crippen molar-refractivity contribution in [3.05, 3.63) is 54.1 Å². The van der Waals surface area contributed by atoms with Crippen LogP contribution in [0.5, 0.6) is 11.5 Å². The number of hydrogen-bond acceptors (Lipinski definition) is 4. The van der Waals surface area contributed by atoms with Gasteiger partial charge < -0.3 is 25.0 Å². The molecular weight excluding hydrogens is 515 g/mol. The quantitative estimate of drug-likeness (QED) is 0.303. The van der Waals surface area contributed by atoms with Crippen LogP contribution in [0.1, 0.15) is 32.3 Å². The Morgan fingerprint density at radius 2 is 1.62 bits per heavy atom. The van der Waals surface area contributed by atoms with Crippen molar-refractivity contribution in [1.82, 2.24) is 10.6 Å². The number of methoxy groups -OCH3 is 2. The van der Waals surface area contributed by atoms with E-state index >= 15 is 0 Å². The summed E-state index contributed by atoms with van der Waals surface area (Å²) in [5, 5.41) is 7.13. The largest absolute Gasteiger partial charge is 0.497 e. The van der Waals surface area contributed by atoms with Gasteiger partial charge in [0.15, 0.2) is 5.96 Å². The van der Waals surface area contributed by atoms with Gasteiger partial charge >= 0.3 is 0 Å². The second-order valence-corrected chi connectivity index (χ2v) is 8.65. The lowest BCUT2D eigenvalue weighted by atomic mass is 9.85. The van der Waals surface area contributed by atoms with E-state index < -0.39 is 0 Å². The minimum absolute atomic E-state index is 0. The Hall–Kier alpha value is -2.16. The van der Waals surface area contributed by atoms with Crippen LogP contribution in [0.15, 0.2) is 53.5 Å². The van der Waals surface area contributed by atoms with Gasteiger partial charge in [-0.1, -0.05) is 44.2 Å². The number of anilines is 1. The summed E-state index contributed by atoms with van der Waals surface area (Å²) in [7, 11) is 5.21. The molecule has 1 heterocycles. The molecule has 0 radical (unpaired) electrons. The summed E-state index contributed by atoms with van der Waals surface area (Å²) in [5.41, 5.74) is 2.48. The molecule has 1 aliphatic heterocycles. The zero-order valence-corrected chi connectivity index (χ0v) is 22.2. The molecule has 0 amide bonds. The second kappa shape index (κ2) is 12.2. The number of aliphatic imine (C=N–C) groups is 1. The van der Waals surface area contributed by atoms with Crippen LogP contribution in [0.4, 0.5) is 5.69 Å². The van der Waals surface area contributed by atoms with Crippen LogP contribution in [0, 0.1) is 0 Å². The number of piperidine rings is 1. The molecule has 2 N–H and O–H groups in total. The van der Waals surface area contributed by atoms with E-state index in [-0.39, 0.29) is 29.4 Å². The average molecular weight is 553 g/mol. The lowest BCUT2D eigenvalue weighted by molar-refractivity contribution is 0.393. The van der Waals surface area contributed by atoms with Crippen molar-refractivity contribution in [3.8, 4) is 11.5 Å². The molecule has 1 fully saturated rings. The SMILES string of the molecule is CN=C(NCC(C)(C)c1ccccc1)NC1CCN(c2cc(OC)cc(OC)c2)CC1.I. The molecule has 0 spiro atoms. The first-order valence-corrected chi connectivity index (χ1v) is 11.0. The normalized spacial score (nSPS) is 15.0. The zero-order valence-electron chi connectivity index (χ0n) is 19.9. The van der Waals surface area contributed by atoms with Gasteiger partial charge in [-0.3, -0.25) is 4.99 Å². The number of rotatable bonds is 7. The van der Waals surface area contributed by atoms with Crippen molar-refractivity contribution < 1.29 is 9.47 Å². The summed E-state index contributed by atoms with van der Waals surface area (Å²) < 4.78 is 10.8. The average Bonchev–Trinajstić information content (AvgIpc) is 2.82. The Morgan fingerprint density at radius 1 is 1.03 bits per heavy atom. The molecule has 176 valence electrons. The highest BCUT2D eigenvalue weighted by Gasteiger charge is 2.23. The summed E-state index contributed by atoms with van der Waals surface area (Å²) in [6.07, 6.45) is 2.09. The predicted molar refractivity (Wildman–Crippen MR) is 144 cm³/mol. The van der Waals surface area contributed by atoms with E-state index in [9.17, 15) is 0 Å². The van der Waals surface area contributed by atoms with E-state index in [1.54, 1.807) is 14.2 Å². The van der Waals surface area contributed by atoms with Crippen molar-refractivity contribution in [2.45, 2.75) is 38.1 Å². The highest BCUT2D eigenvalue weighted by Crippen LogP contribution is 2.30. The van der Waals surface area contributed by atoms with Gasteiger partial charge in [-0.15, -0.1) is 24.0 Å². The third-order valence-electron chi connectivity index (χ3n) is 6.01. The van der Waals surface area contributed by atoms with Crippen molar-refractivity contribution in [2.75, 3.05) is 45.8 Å². The number of halogens is 1. The van der Waals surface area contributed by atoms with Gasteiger partial charge in [-0.25, -0.2) is 0 Å².